The molecule has 1 heterocycles. The van der Waals surface area contributed by atoms with Crippen LogP contribution in [-0.4, -0.2) is 55.6 Å². The normalized spacial score (nSPS) is 24.2. The van der Waals surface area contributed by atoms with Gasteiger partial charge in [0.2, 0.25) is 5.91 Å². The van der Waals surface area contributed by atoms with Gasteiger partial charge in [0.25, 0.3) is 0 Å². The largest absolute Gasteiger partial charge is 0.327 e. The van der Waals surface area contributed by atoms with Crippen LogP contribution < -0.4 is 5.32 Å². The molecule has 12 heavy (non-hydrogen) atoms. The number of hydrogen-bond donors (Lipinski definition) is 1. The quantitative estimate of drug-likeness (QED) is 0.611. The average molecular weight is 171 g/mol. The third-order valence-electron chi connectivity index (χ3n) is 2.09. The van der Waals surface area contributed by atoms with Crippen molar-refractivity contribution in [2.75, 3.05) is 33.9 Å². The SMILES string of the molecule is CC1NCN(CCN(C)C)C1=O. The second-order valence-electron chi connectivity index (χ2n) is 3.49. The zero-order valence-electron chi connectivity index (χ0n) is 8.00. The first-order valence-electron chi connectivity index (χ1n) is 4.28. The summed E-state index contributed by atoms with van der Waals surface area (Å²) in [5, 5.41) is 3.10. The second kappa shape index (κ2) is 3.87. The number of hydrogen-bond acceptors (Lipinski definition) is 3. The number of nitrogens with one attached hydrogen (secondary N) is 1. The van der Waals surface area contributed by atoms with Crippen molar-refractivity contribution in [3.8, 4) is 0 Å². The molecular weight excluding hydrogens is 154 g/mol. The summed E-state index contributed by atoms with van der Waals surface area (Å²) in [5.41, 5.74) is 0. The molecule has 0 saturated carbocycles. The van der Waals surface area contributed by atoms with Crippen LogP contribution >= 0.6 is 0 Å². The van der Waals surface area contributed by atoms with Gasteiger partial charge in [0.15, 0.2) is 0 Å². The van der Waals surface area contributed by atoms with Crippen LogP contribution in [0, 0.1) is 0 Å². The molecule has 4 nitrogen and oxygen atoms in total. The van der Waals surface area contributed by atoms with Gasteiger partial charge in [-0.05, 0) is 21.0 Å². The number of likely N-dealkylation sites (N-methyl/N-ethyl adjacent to an activating group) is 1. The fourth-order valence-corrected chi connectivity index (χ4v) is 1.20. The van der Waals surface area contributed by atoms with Crippen molar-refractivity contribution in [1.29, 1.82) is 0 Å². The number of rotatable bonds is 3. The molecule has 0 spiro atoms. The first-order valence-corrected chi connectivity index (χ1v) is 4.28. The minimum atomic E-state index is 0.00663. The van der Waals surface area contributed by atoms with E-state index in [1.807, 2.05) is 25.9 Å². The highest BCUT2D eigenvalue weighted by molar-refractivity contribution is 5.83. The molecule has 0 radical (unpaired) electrons. The van der Waals surface area contributed by atoms with E-state index < -0.39 is 0 Å². The third kappa shape index (κ3) is 2.19. The average Bonchev–Trinajstić information content (AvgIpc) is 2.30. The number of nitrogens with zero attached hydrogens (tertiary/aromatic N) is 2. The van der Waals surface area contributed by atoms with Crippen molar-refractivity contribution in [3.63, 3.8) is 0 Å². The Morgan fingerprint density at radius 3 is 2.75 bits per heavy atom. The topological polar surface area (TPSA) is 35.6 Å². The molecule has 1 aliphatic heterocycles. The van der Waals surface area contributed by atoms with Gasteiger partial charge in [0.05, 0.1) is 12.7 Å². The Bertz CT molecular complexity index is 170. The standard InChI is InChI=1S/C8H17N3O/c1-7-8(12)11(6-9-7)5-4-10(2)3/h7,9H,4-6H2,1-3H3. The summed E-state index contributed by atoms with van der Waals surface area (Å²) in [6.07, 6.45) is 0. The molecule has 1 rings (SSSR count). The predicted octanol–water partition coefficient (Wildman–Crippen LogP) is -0.674. The lowest BCUT2D eigenvalue weighted by molar-refractivity contribution is -0.128. The van der Waals surface area contributed by atoms with E-state index in [9.17, 15) is 4.79 Å². The van der Waals surface area contributed by atoms with Crippen LogP contribution in [0.5, 0.6) is 0 Å². The summed E-state index contributed by atoms with van der Waals surface area (Å²) in [6, 6.07) is 0.00663. The van der Waals surface area contributed by atoms with E-state index in [-0.39, 0.29) is 11.9 Å². The van der Waals surface area contributed by atoms with E-state index in [1.165, 1.54) is 0 Å². The summed E-state index contributed by atoms with van der Waals surface area (Å²) in [7, 11) is 4.02. The maximum absolute atomic E-state index is 11.4. The Labute approximate surface area is 73.5 Å². The Hall–Kier alpha value is -0.610. The molecule has 1 aliphatic rings. The first-order chi connectivity index (χ1) is 5.61. The molecule has 1 atom stereocenters. The van der Waals surface area contributed by atoms with Crippen molar-refractivity contribution >= 4 is 5.91 Å². The zero-order valence-corrected chi connectivity index (χ0v) is 8.00. The highest BCUT2D eigenvalue weighted by Crippen LogP contribution is 2.01. The number of carbonyl (C=O) groups is 1. The lowest BCUT2D eigenvalue weighted by atomic mass is 10.3. The van der Waals surface area contributed by atoms with Gasteiger partial charge in [-0.1, -0.05) is 0 Å². The van der Waals surface area contributed by atoms with Gasteiger partial charge in [-0.15, -0.1) is 0 Å². The lowest BCUT2D eigenvalue weighted by Crippen LogP contribution is -2.34. The summed E-state index contributed by atoms with van der Waals surface area (Å²) in [5.74, 6) is 0.219. The molecule has 70 valence electrons. The Balaban J connectivity index is 2.30. The monoisotopic (exact) mass is 171 g/mol. The minimum Gasteiger partial charge on any atom is -0.327 e. The van der Waals surface area contributed by atoms with E-state index in [2.05, 4.69) is 10.2 Å². The van der Waals surface area contributed by atoms with E-state index in [1.54, 1.807) is 0 Å². The molecular formula is C8H17N3O. The maximum atomic E-state index is 11.4. The number of carbonyl (C=O) groups excluding carboxylic acids is 1. The zero-order chi connectivity index (χ0) is 9.14. The predicted molar refractivity (Wildman–Crippen MR) is 47.7 cm³/mol. The highest BCUT2D eigenvalue weighted by Gasteiger charge is 2.26. The minimum absolute atomic E-state index is 0.00663. The van der Waals surface area contributed by atoms with Gasteiger partial charge in [-0.2, -0.15) is 0 Å². The molecule has 1 unspecified atom stereocenters. The molecule has 1 fully saturated rings. The second-order valence-corrected chi connectivity index (χ2v) is 3.49. The molecule has 1 amide bonds. The molecule has 0 aromatic rings. The lowest BCUT2D eigenvalue weighted by Gasteiger charge is -2.17. The van der Waals surface area contributed by atoms with Crippen molar-refractivity contribution in [2.45, 2.75) is 13.0 Å². The fraction of sp³-hybridized carbons (Fsp3) is 0.875. The van der Waals surface area contributed by atoms with Crippen LogP contribution in [0.2, 0.25) is 0 Å². The fourth-order valence-electron chi connectivity index (χ4n) is 1.20. The Morgan fingerprint density at radius 1 is 1.67 bits per heavy atom. The van der Waals surface area contributed by atoms with Crippen LogP contribution in [0.4, 0.5) is 0 Å². The first kappa shape index (κ1) is 9.48. The van der Waals surface area contributed by atoms with Gasteiger partial charge < -0.3 is 9.80 Å². The van der Waals surface area contributed by atoms with Gasteiger partial charge in [-0.3, -0.25) is 10.1 Å². The van der Waals surface area contributed by atoms with Crippen LogP contribution in [0.3, 0.4) is 0 Å². The molecule has 0 aromatic heterocycles. The van der Waals surface area contributed by atoms with Crippen molar-refractivity contribution in [3.05, 3.63) is 0 Å². The third-order valence-corrected chi connectivity index (χ3v) is 2.09. The summed E-state index contributed by atoms with van der Waals surface area (Å²) < 4.78 is 0. The Kier molecular flexibility index (Phi) is 3.05. The highest BCUT2D eigenvalue weighted by atomic mass is 16.2. The molecule has 0 bridgehead atoms. The van der Waals surface area contributed by atoms with E-state index in [0.29, 0.717) is 6.67 Å². The summed E-state index contributed by atoms with van der Waals surface area (Å²) >= 11 is 0. The molecule has 1 N–H and O–H groups in total. The van der Waals surface area contributed by atoms with Crippen molar-refractivity contribution < 1.29 is 4.79 Å². The van der Waals surface area contributed by atoms with Crippen molar-refractivity contribution in [2.24, 2.45) is 0 Å². The summed E-state index contributed by atoms with van der Waals surface area (Å²) in [6.45, 7) is 4.36. The number of amides is 1. The van der Waals surface area contributed by atoms with Crippen molar-refractivity contribution in [1.82, 2.24) is 15.1 Å². The van der Waals surface area contributed by atoms with Crippen LogP contribution in [-0.2, 0) is 4.79 Å². The maximum Gasteiger partial charge on any atom is 0.240 e. The molecule has 0 aliphatic carbocycles. The van der Waals surface area contributed by atoms with Gasteiger partial charge in [-0.25, -0.2) is 0 Å². The molecule has 0 aromatic carbocycles. The van der Waals surface area contributed by atoms with Gasteiger partial charge in [0.1, 0.15) is 0 Å². The smallest absolute Gasteiger partial charge is 0.240 e. The molecule has 4 heteroatoms. The van der Waals surface area contributed by atoms with Crippen LogP contribution in [0.1, 0.15) is 6.92 Å². The molecule has 1 saturated heterocycles. The van der Waals surface area contributed by atoms with E-state index in [0.717, 1.165) is 13.1 Å². The van der Waals surface area contributed by atoms with E-state index >= 15 is 0 Å². The van der Waals surface area contributed by atoms with E-state index in [4.69, 9.17) is 0 Å². The summed E-state index contributed by atoms with van der Waals surface area (Å²) in [4.78, 5) is 15.3. The van der Waals surface area contributed by atoms with Gasteiger partial charge in [0, 0.05) is 13.1 Å². The van der Waals surface area contributed by atoms with Crippen LogP contribution in [0.25, 0.3) is 0 Å². The van der Waals surface area contributed by atoms with Gasteiger partial charge >= 0.3 is 0 Å². The van der Waals surface area contributed by atoms with Crippen LogP contribution in [0.15, 0.2) is 0 Å². The Morgan fingerprint density at radius 2 is 2.33 bits per heavy atom.